The quantitative estimate of drug-likeness (QED) is 0.687. The van der Waals surface area contributed by atoms with Gasteiger partial charge in [-0.2, -0.15) is 0 Å². The number of nitrogens with zero attached hydrogens (tertiary/aromatic N) is 1. The standard InChI is InChI=1S/C12H23NO3/c1-4-9(2)13(7-8-16-3)11(12(14)15)10-5-6-10/h9-11H,4-8H2,1-3H3,(H,14,15). The molecule has 0 aromatic heterocycles. The molecule has 4 heteroatoms. The van der Waals surface area contributed by atoms with Crippen LogP contribution in [0, 0.1) is 5.92 Å². The largest absolute Gasteiger partial charge is 0.480 e. The molecule has 1 aliphatic rings. The summed E-state index contributed by atoms with van der Waals surface area (Å²) in [6.07, 6.45) is 3.08. The van der Waals surface area contributed by atoms with Crippen molar-refractivity contribution in [1.82, 2.24) is 4.90 Å². The normalized spacial score (nSPS) is 19.8. The van der Waals surface area contributed by atoms with Gasteiger partial charge in [-0.15, -0.1) is 0 Å². The highest BCUT2D eigenvalue weighted by molar-refractivity contribution is 5.74. The maximum Gasteiger partial charge on any atom is 0.321 e. The Morgan fingerprint density at radius 1 is 1.56 bits per heavy atom. The molecule has 0 radical (unpaired) electrons. The van der Waals surface area contributed by atoms with Crippen molar-refractivity contribution in [2.45, 2.75) is 45.2 Å². The molecule has 94 valence electrons. The van der Waals surface area contributed by atoms with Crippen molar-refractivity contribution in [2.75, 3.05) is 20.3 Å². The Hall–Kier alpha value is -0.610. The zero-order chi connectivity index (χ0) is 12.1. The summed E-state index contributed by atoms with van der Waals surface area (Å²) >= 11 is 0. The van der Waals surface area contributed by atoms with Gasteiger partial charge >= 0.3 is 5.97 Å². The summed E-state index contributed by atoms with van der Waals surface area (Å²) in [5.74, 6) is -0.331. The first-order valence-corrected chi connectivity index (χ1v) is 6.09. The lowest BCUT2D eigenvalue weighted by Gasteiger charge is -2.33. The Kier molecular flexibility index (Phi) is 5.22. The first-order chi connectivity index (χ1) is 7.61. The third kappa shape index (κ3) is 3.46. The second-order valence-corrected chi connectivity index (χ2v) is 4.61. The van der Waals surface area contributed by atoms with E-state index in [-0.39, 0.29) is 6.04 Å². The van der Waals surface area contributed by atoms with Crippen molar-refractivity contribution in [2.24, 2.45) is 5.92 Å². The lowest BCUT2D eigenvalue weighted by molar-refractivity contribution is -0.145. The summed E-state index contributed by atoms with van der Waals surface area (Å²) in [4.78, 5) is 13.4. The Balaban J connectivity index is 2.66. The maximum atomic E-state index is 11.3. The lowest BCUT2D eigenvalue weighted by atomic mass is 10.1. The molecule has 2 atom stereocenters. The van der Waals surface area contributed by atoms with Gasteiger partial charge in [0.25, 0.3) is 0 Å². The van der Waals surface area contributed by atoms with Gasteiger partial charge in [-0.05, 0) is 32.1 Å². The minimum atomic E-state index is -0.682. The van der Waals surface area contributed by atoms with Crippen LogP contribution in [-0.2, 0) is 9.53 Å². The summed E-state index contributed by atoms with van der Waals surface area (Å²) < 4.78 is 5.06. The number of methoxy groups -OCH3 is 1. The first kappa shape index (κ1) is 13.5. The van der Waals surface area contributed by atoms with Crippen LogP contribution in [0.15, 0.2) is 0 Å². The van der Waals surface area contributed by atoms with Crippen LogP contribution in [-0.4, -0.2) is 48.3 Å². The van der Waals surface area contributed by atoms with Gasteiger partial charge in [-0.3, -0.25) is 9.69 Å². The summed E-state index contributed by atoms with van der Waals surface area (Å²) in [6.45, 7) is 5.49. The van der Waals surface area contributed by atoms with E-state index in [9.17, 15) is 9.90 Å². The number of carboxylic acids is 1. The molecule has 2 unspecified atom stereocenters. The summed E-state index contributed by atoms with van der Waals surface area (Å²) in [7, 11) is 1.65. The summed E-state index contributed by atoms with van der Waals surface area (Å²) in [6, 6.07) is -0.0121. The van der Waals surface area contributed by atoms with E-state index < -0.39 is 5.97 Å². The van der Waals surface area contributed by atoms with Crippen LogP contribution < -0.4 is 0 Å². The fourth-order valence-corrected chi connectivity index (χ4v) is 2.09. The van der Waals surface area contributed by atoms with Gasteiger partial charge in [0.05, 0.1) is 6.61 Å². The van der Waals surface area contributed by atoms with Gasteiger partial charge < -0.3 is 9.84 Å². The molecular weight excluding hydrogens is 206 g/mol. The van der Waals surface area contributed by atoms with E-state index in [1.165, 1.54) is 0 Å². The molecule has 0 saturated heterocycles. The Bertz CT molecular complexity index is 228. The zero-order valence-corrected chi connectivity index (χ0v) is 10.5. The topological polar surface area (TPSA) is 49.8 Å². The summed E-state index contributed by atoms with van der Waals surface area (Å²) in [5, 5.41) is 9.32. The number of rotatable bonds is 8. The zero-order valence-electron chi connectivity index (χ0n) is 10.5. The Morgan fingerprint density at radius 3 is 2.56 bits per heavy atom. The smallest absolute Gasteiger partial charge is 0.321 e. The van der Waals surface area contributed by atoms with E-state index >= 15 is 0 Å². The monoisotopic (exact) mass is 229 g/mol. The van der Waals surface area contributed by atoms with Crippen LogP contribution in [0.25, 0.3) is 0 Å². The predicted molar refractivity (Wildman–Crippen MR) is 62.5 cm³/mol. The molecule has 0 heterocycles. The van der Waals surface area contributed by atoms with E-state index in [0.717, 1.165) is 19.3 Å². The summed E-state index contributed by atoms with van der Waals surface area (Å²) in [5.41, 5.74) is 0. The van der Waals surface area contributed by atoms with E-state index in [1.807, 2.05) is 0 Å². The SMILES string of the molecule is CCC(C)N(CCOC)C(C(=O)O)C1CC1. The van der Waals surface area contributed by atoms with Crippen molar-refractivity contribution >= 4 is 5.97 Å². The van der Waals surface area contributed by atoms with E-state index in [2.05, 4.69) is 18.7 Å². The first-order valence-electron chi connectivity index (χ1n) is 6.09. The molecule has 4 nitrogen and oxygen atoms in total. The number of hydrogen-bond acceptors (Lipinski definition) is 3. The van der Waals surface area contributed by atoms with Crippen LogP contribution in [0.4, 0.5) is 0 Å². The van der Waals surface area contributed by atoms with Crippen LogP contribution >= 0.6 is 0 Å². The molecular formula is C12H23NO3. The second kappa shape index (κ2) is 6.21. The van der Waals surface area contributed by atoms with Crippen LogP contribution in [0.3, 0.4) is 0 Å². The van der Waals surface area contributed by atoms with Gasteiger partial charge in [-0.25, -0.2) is 0 Å². The number of aliphatic carboxylic acids is 1. The number of carbonyl (C=O) groups is 1. The predicted octanol–water partition coefficient (Wildman–Crippen LogP) is 1.60. The van der Waals surface area contributed by atoms with E-state index in [0.29, 0.717) is 25.1 Å². The van der Waals surface area contributed by atoms with Crippen molar-refractivity contribution in [3.63, 3.8) is 0 Å². The molecule has 0 amide bonds. The molecule has 1 saturated carbocycles. The van der Waals surface area contributed by atoms with E-state index in [1.54, 1.807) is 7.11 Å². The molecule has 1 N–H and O–H groups in total. The minimum absolute atomic E-state index is 0.303. The van der Waals surface area contributed by atoms with Gasteiger partial charge in [0, 0.05) is 19.7 Å². The molecule has 0 aromatic rings. The molecule has 0 aromatic carbocycles. The number of carboxylic acid groups (broad SMARTS) is 1. The van der Waals surface area contributed by atoms with Crippen molar-refractivity contribution in [1.29, 1.82) is 0 Å². The molecule has 1 aliphatic carbocycles. The highest BCUT2D eigenvalue weighted by Gasteiger charge is 2.41. The van der Waals surface area contributed by atoms with Crippen molar-refractivity contribution in [3.05, 3.63) is 0 Å². The molecule has 0 bridgehead atoms. The highest BCUT2D eigenvalue weighted by Crippen LogP contribution is 2.36. The third-order valence-corrected chi connectivity index (χ3v) is 3.39. The van der Waals surface area contributed by atoms with Gasteiger partial charge in [0.1, 0.15) is 6.04 Å². The van der Waals surface area contributed by atoms with Crippen LogP contribution in [0.5, 0.6) is 0 Å². The fraction of sp³-hybridized carbons (Fsp3) is 0.917. The van der Waals surface area contributed by atoms with Gasteiger partial charge in [-0.1, -0.05) is 6.92 Å². The Labute approximate surface area is 97.6 Å². The average Bonchev–Trinajstić information content (AvgIpc) is 3.06. The highest BCUT2D eigenvalue weighted by atomic mass is 16.5. The average molecular weight is 229 g/mol. The molecule has 1 rings (SSSR count). The molecule has 16 heavy (non-hydrogen) atoms. The molecule has 1 fully saturated rings. The second-order valence-electron chi connectivity index (χ2n) is 4.61. The molecule has 0 aliphatic heterocycles. The fourth-order valence-electron chi connectivity index (χ4n) is 2.09. The third-order valence-electron chi connectivity index (χ3n) is 3.39. The maximum absolute atomic E-state index is 11.3. The Morgan fingerprint density at radius 2 is 2.19 bits per heavy atom. The van der Waals surface area contributed by atoms with Gasteiger partial charge in [0.2, 0.25) is 0 Å². The van der Waals surface area contributed by atoms with E-state index in [4.69, 9.17) is 4.74 Å². The lowest BCUT2D eigenvalue weighted by Crippen LogP contribution is -2.48. The van der Waals surface area contributed by atoms with Crippen LogP contribution in [0.2, 0.25) is 0 Å². The van der Waals surface area contributed by atoms with Gasteiger partial charge in [0.15, 0.2) is 0 Å². The molecule has 0 spiro atoms. The van der Waals surface area contributed by atoms with Crippen molar-refractivity contribution in [3.8, 4) is 0 Å². The minimum Gasteiger partial charge on any atom is -0.480 e. The number of ether oxygens (including phenoxy) is 1. The van der Waals surface area contributed by atoms with Crippen LogP contribution in [0.1, 0.15) is 33.1 Å². The van der Waals surface area contributed by atoms with Crippen molar-refractivity contribution < 1.29 is 14.6 Å². The number of hydrogen-bond donors (Lipinski definition) is 1.